The van der Waals surface area contributed by atoms with Crippen LogP contribution < -0.4 is 0 Å². The third kappa shape index (κ3) is 10.3. The van der Waals surface area contributed by atoms with E-state index in [1.165, 1.54) is 12.8 Å². The van der Waals surface area contributed by atoms with Crippen molar-refractivity contribution >= 4 is 29.7 Å². The molecule has 19 heavy (non-hydrogen) atoms. The first-order chi connectivity index (χ1) is 8.60. The van der Waals surface area contributed by atoms with Crippen LogP contribution >= 0.6 is 17.9 Å². The molecule has 0 aliphatic rings. The van der Waals surface area contributed by atoms with Gasteiger partial charge in [-0.1, -0.05) is 66.1 Å². The zero-order valence-electron chi connectivity index (χ0n) is 13.1. The van der Waals surface area contributed by atoms with E-state index in [0.717, 1.165) is 25.7 Å². The summed E-state index contributed by atoms with van der Waals surface area (Å²) < 4.78 is 5.94. The van der Waals surface area contributed by atoms with E-state index in [0.29, 0.717) is 11.8 Å². The fraction of sp³-hybridized carbons (Fsp3) is 1.00. The lowest BCUT2D eigenvalue weighted by Gasteiger charge is -2.38. The molecule has 0 aromatic carbocycles. The maximum Gasteiger partial charge on any atom is 0.242 e. The molecule has 0 aliphatic heterocycles. The Labute approximate surface area is 130 Å². The molecule has 116 valence electrons. The molecule has 1 atom stereocenters. The van der Waals surface area contributed by atoms with Crippen LogP contribution in [0.5, 0.6) is 0 Å². The van der Waals surface area contributed by atoms with Crippen molar-refractivity contribution in [3.05, 3.63) is 0 Å². The minimum absolute atomic E-state index is 0.302. The van der Waals surface area contributed by atoms with Gasteiger partial charge in [-0.3, -0.25) is 0 Å². The highest BCUT2D eigenvalue weighted by atomic mass is 32.9. The quantitative estimate of drug-likeness (QED) is 0.313. The molecule has 0 amide bonds. The first kappa shape index (κ1) is 19.9. The van der Waals surface area contributed by atoms with Gasteiger partial charge in [0.1, 0.15) is 0 Å². The van der Waals surface area contributed by atoms with Gasteiger partial charge in [0.05, 0.1) is 5.60 Å². The lowest BCUT2D eigenvalue weighted by Crippen LogP contribution is -2.34. The monoisotopic (exact) mass is 326 g/mol. The predicted molar refractivity (Wildman–Crippen MR) is 92.4 cm³/mol. The Hall–Kier alpha value is 0.920. The Morgan fingerprint density at radius 1 is 1.16 bits per heavy atom. The van der Waals surface area contributed by atoms with Crippen molar-refractivity contribution in [1.82, 2.24) is 0 Å². The van der Waals surface area contributed by atoms with Crippen molar-refractivity contribution in [3.63, 3.8) is 0 Å². The van der Waals surface area contributed by atoms with Gasteiger partial charge in [-0.2, -0.15) is 0 Å². The second-order valence-electron chi connectivity index (χ2n) is 6.42. The topological polar surface area (TPSA) is 29.5 Å². The molecule has 0 rings (SSSR count). The number of hydrogen-bond donors (Lipinski definition) is 2. The first-order valence-electron chi connectivity index (χ1n) is 7.36. The summed E-state index contributed by atoms with van der Waals surface area (Å²) >= 11 is 9.12. The molecule has 1 N–H and O–H groups in total. The van der Waals surface area contributed by atoms with Gasteiger partial charge in [0.15, 0.2) is 0 Å². The highest BCUT2D eigenvalue weighted by Crippen LogP contribution is 2.54. The minimum Gasteiger partial charge on any atom is -0.338 e. The van der Waals surface area contributed by atoms with Crippen LogP contribution in [0, 0.1) is 11.8 Å². The second kappa shape index (κ2) is 9.04. The molecule has 5 heteroatoms. The number of unbranched alkanes of at least 4 members (excludes halogenated alkanes) is 2. The summed E-state index contributed by atoms with van der Waals surface area (Å²) in [6.45, 7) is 11.0. The fourth-order valence-corrected chi connectivity index (χ4v) is 4.58. The lowest BCUT2D eigenvalue weighted by atomic mass is 9.81. The molecular weight excluding hydrogens is 295 g/mol. The fourth-order valence-electron chi connectivity index (χ4n) is 2.85. The molecule has 0 spiro atoms. The summed E-state index contributed by atoms with van der Waals surface area (Å²) in [4.78, 5) is 9.90. The molecule has 0 aromatic rings. The number of rotatable bonds is 10. The smallest absolute Gasteiger partial charge is 0.242 e. The van der Waals surface area contributed by atoms with Gasteiger partial charge < -0.3 is 9.42 Å². The van der Waals surface area contributed by atoms with E-state index in [9.17, 15) is 4.89 Å². The summed E-state index contributed by atoms with van der Waals surface area (Å²) in [5.41, 5.74) is -3.22. The van der Waals surface area contributed by atoms with Crippen molar-refractivity contribution < 1.29 is 9.42 Å². The maximum absolute atomic E-state index is 9.90. The largest absolute Gasteiger partial charge is 0.338 e. The van der Waals surface area contributed by atoms with E-state index in [2.05, 4.69) is 46.9 Å². The van der Waals surface area contributed by atoms with Crippen LogP contribution in [0.4, 0.5) is 0 Å². The molecule has 0 bridgehead atoms. The molecule has 0 saturated heterocycles. The third-order valence-electron chi connectivity index (χ3n) is 3.11. The van der Waals surface area contributed by atoms with Crippen LogP contribution in [-0.4, -0.2) is 10.5 Å². The van der Waals surface area contributed by atoms with E-state index in [1.807, 2.05) is 0 Å². The Balaban J connectivity index is 5.00. The normalized spacial score (nSPS) is 16.1. The minimum atomic E-state index is -2.92. The van der Waals surface area contributed by atoms with Crippen molar-refractivity contribution in [2.45, 2.75) is 78.7 Å². The van der Waals surface area contributed by atoms with E-state index in [-0.39, 0.29) is 5.60 Å². The van der Waals surface area contributed by atoms with E-state index in [1.54, 1.807) is 0 Å². The van der Waals surface area contributed by atoms with Crippen LogP contribution in [0.1, 0.15) is 73.1 Å². The van der Waals surface area contributed by atoms with E-state index >= 15 is 0 Å². The van der Waals surface area contributed by atoms with Crippen LogP contribution in [0.2, 0.25) is 0 Å². The molecule has 0 fully saturated rings. The Kier molecular flexibility index (Phi) is 9.48. The summed E-state index contributed by atoms with van der Waals surface area (Å²) in [7, 11) is 0. The van der Waals surface area contributed by atoms with Crippen LogP contribution in [0.15, 0.2) is 0 Å². The molecular formula is C14H31O2PS2. The summed E-state index contributed by atoms with van der Waals surface area (Å²) in [6.07, 6.45) is 6.36. The highest BCUT2D eigenvalue weighted by molar-refractivity contribution is 8.59. The average molecular weight is 327 g/mol. The molecule has 0 saturated carbocycles. The van der Waals surface area contributed by atoms with Crippen molar-refractivity contribution in [3.8, 4) is 0 Å². The SMILES string of the molecule is CCCCCC(CC(C)C)(CC(C)C)OP(O)(=S)S. The number of thiol groups is 1. The Morgan fingerprint density at radius 3 is 1.95 bits per heavy atom. The summed E-state index contributed by atoms with van der Waals surface area (Å²) in [6, 6.07) is 0. The zero-order valence-corrected chi connectivity index (χ0v) is 15.7. The molecule has 0 heterocycles. The Bertz CT molecular complexity index is 277. The third-order valence-corrected chi connectivity index (χ3v) is 4.20. The standard InChI is InChI=1S/C14H31O2PS2/c1-6-7-8-9-14(10-12(2)3,11-13(4)5)16-17(15,18)19/h12-13H,6-11H2,1-5H3,(H2,15,18,19). The van der Waals surface area contributed by atoms with Crippen molar-refractivity contribution in [2.75, 3.05) is 0 Å². The van der Waals surface area contributed by atoms with Gasteiger partial charge in [-0.15, -0.1) is 0 Å². The van der Waals surface area contributed by atoms with Gasteiger partial charge in [-0.05, 0) is 42.9 Å². The van der Waals surface area contributed by atoms with Gasteiger partial charge in [0.2, 0.25) is 5.69 Å². The molecule has 0 aromatic heterocycles. The van der Waals surface area contributed by atoms with Gasteiger partial charge in [-0.25, -0.2) is 0 Å². The van der Waals surface area contributed by atoms with Crippen molar-refractivity contribution in [1.29, 1.82) is 0 Å². The predicted octanol–water partition coefficient (Wildman–Crippen LogP) is 5.56. The van der Waals surface area contributed by atoms with Gasteiger partial charge in [0.25, 0.3) is 0 Å². The van der Waals surface area contributed by atoms with Crippen LogP contribution in [-0.2, 0) is 16.3 Å². The second-order valence-corrected chi connectivity index (χ2v) is 11.5. The molecule has 2 nitrogen and oxygen atoms in total. The maximum atomic E-state index is 9.90. The molecule has 0 aliphatic carbocycles. The first-order valence-corrected chi connectivity index (χ1v) is 11.2. The van der Waals surface area contributed by atoms with E-state index < -0.39 is 5.69 Å². The van der Waals surface area contributed by atoms with E-state index in [4.69, 9.17) is 16.3 Å². The van der Waals surface area contributed by atoms with Crippen molar-refractivity contribution in [2.24, 2.45) is 11.8 Å². The lowest BCUT2D eigenvalue weighted by molar-refractivity contribution is 0.0208. The zero-order chi connectivity index (χ0) is 15.1. The van der Waals surface area contributed by atoms with Gasteiger partial charge in [0, 0.05) is 0 Å². The highest BCUT2D eigenvalue weighted by Gasteiger charge is 2.36. The summed E-state index contributed by atoms with van der Waals surface area (Å²) in [5.74, 6) is 1.05. The van der Waals surface area contributed by atoms with Crippen LogP contribution in [0.25, 0.3) is 0 Å². The van der Waals surface area contributed by atoms with Gasteiger partial charge >= 0.3 is 0 Å². The average Bonchev–Trinajstić information content (AvgIpc) is 2.12. The Morgan fingerprint density at radius 2 is 1.63 bits per heavy atom. The summed E-state index contributed by atoms with van der Waals surface area (Å²) in [5, 5.41) is 0. The number of hydrogen-bond acceptors (Lipinski definition) is 2. The van der Waals surface area contributed by atoms with Crippen LogP contribution in [0.3, 0.4) is 0 Å². The molecule has 1 unspecified atom stereocenters. The molecule has 0 radical (unpaired) electrons.